The van der Waals surface area contributed by atoms with E-state index in [0.717, 1.165) is 43.8 Å². The molecular formula is C23H20N2O2S. The number of nitrogens with zero attached hydrogens (tertiary/aromatic N) is 2. The molecule has 1 fully saturated rings. The molecule has 5 rings (SSSR count). The lowest BCUT2D eigenvalue weighted by Crippen LogP contribution is -2.02. The molecule has 1 saturated carbocycles. The fourth-order valence-electron chi connectivity index (χ4n) is 3.49. The van der Waals surface area contributed by atoms with Crippen molar-refractivity contribution < 1.29 is 4.42 Å². The minimum Gasteiger partial charge on any atom is -0.422 e. The van der Waals surface area contributed by atoms with Crippen LogP contribution in [-0.4, -0.2) is 9.97 Å². The first-order valence-corrected chi connectivity index (χ1v) is 10.5. The summed E-state index contributed by atoms with van der Waals surface area (Å²) in [5.74, 6) is 2.11. The molecule has 0 unspecified atom stereocenters. The van der Waals surface area contributed by atoms with Crippen LogP contribution < -0.4 is 5.63 Å². The first kappa shape index (κ1) is 17.4. The van der Waals surface area contributed by atoms with Crippen molar-refractivity contribution in [2.24, 2.45) is 0 Å². The molecule has 0 spiro atoms. The molecule has 4 aromatic rings. The fourth-order valence-corrected chi connectivity index (χ4v) is 4.51. The Balaban J connectivity index is 1.57. The van der Waals surface area contributed by atoms with Gasteiger partial charge in [-0.2, -0.15) is 0 Å². The third-order valence-corrected chi connectivity index (χ3v) is 6.45. The van der Waals surface area contributed by atoms with E-state index in [1.54, 1.807) is 17.8 Å². The van der Waals surface area contributed by atoms with Crippen molar-refractivity contribution >= 4 is 33.6 Å². The van der Waals surface area contributed by atoms with Crippen LogP contribution in [0.1, 0.15) is 41.3 Å². The van der Waals surface area contributed by atoms with E-state index < -0.39 is 0 Å². The largest absolute Gasteiger partial charge is 0.422 e. The number of benzene rings is 2. The van der Waals surface area contributed by atoms with Crippen LogP contribution in [-0.2, 0) is 5.75 Å². The second-order valence-corrected chi connectivity index (χ2v) is 8.41. The standard InChI is InChI=1S/C23H20N2O2S/c1-13-7-10-17-16(11-20(26)27-21(17)14(13)2)12-28-23-18-5-3-4-6-19(18)24-22(25-23)15-8-9-15/h3-7,10-11,15H,8-9,12H2,1-2H3. The van der Waals surface area contributed by atoms with Gasteiger partial charge < -0.3 is 4.42 Å². The molecule has 0 N–H and O–H groups in total. The van der Waals surface area contributed by atoms with E-state index in [2.05, 4.69) is 12.1 Å². The van der Waals surface area contributed by atoms with Crippen LogP contribution in [0.3, 0.4) is 0 Å². The Morgan fingerprint density at radius 3 is 2.71 bits per heavy atom. The Morgan fingerprint density at radius 2 is 1.89 bits per heavy atom. The molecule has 0 atom stereocenters. The summed E-state index contributed by atoms with van der Waals surface area (Å²) in [6, 6.07) is 13.9. The Morgan fingerprint density at radius 1 is 1.07 bits per heavy atom. The second-order valence-electron chi connectivity index (χ2n) is 7.44. The Bertz CT molecular complexity index is 1280. The van der Waals surface area contributed by atoms with Gasteiger partial charge in [-0.25, -0.2) is 14.8 Å². The van der Waals surface area contributed by atoms with E-state index in [9.17, 15) is 4.79 Å². The summed E-state index contributed by atoms with van der Waals surface area (Å²) in [6.45, 7) is 4.03. The van der Waals surface area contributed by atoms with Crippen molar-refractivity contribution in [2.45, 2.75) is 43.4 Å². The maximum atomic E-state index is 12.1. The SMILES string of the molecule is Cc1ccc2c(CSc3nc(C4CC4)nc4ccccc34)cc(=O)oc2c1C. The normalized spacial score (nSPS) is 14.1. The molecule has 140 valence electrons. The minimum absolute atomic E-state index is 0.303. The van der Waals surface area contributed by atoms with Gasteiger partial charge in [0.1, 0.15) is 16.4 Å². The number of para-hydroxylation sites is 1. The monoisotopic (exact) mass is 388 g/mol. The molecule has 5 heteroatoms. The smallest absolute Gasteiger partial charge is 0.336 e. The van der Waals surface area contributed by atoms with Crippen molar-refractivity contribution in [2.75, 3.05) is 0 Å². The highest BCUT2D eigenvalue weighted by Gasteiger charge is 2.27. The molecule has 0 bridgehead atoms. The average Bonchev–Trinajstić information content (AvgIpc) is 3.54. The third kappa shape index (κ3) is 3.10. The first-order valence-electron chi connectivity index (χ1n) is 9.52. The number of fused-ring (bicyclic) bond motifs is 2. The second kappa shape index (κ2) is 6.74. The predicted octanol–water partition coefficient (Wildman–Crippen LogP) is 5.52. The highest BCUT2D eigenvalue weighted by Crippen LogP contribution is 2.40. The molecule has 2 aromatic heterocycles. The lowest BCUT2D eigenvalue weighted by molar-refractivity contribution is 0.557. The quantitative estimate of drug-likeness (QED) is 0.262. The Kier molecular flexibility index (Phi) is 4.20. The lowest BCUT2D eigenvalue weighted by atomic mass is 10.0. The number of hydrogen-bond acceptors (Lipinski definition) is 5. The van der Waals surface area contributed by atoms with Gasteiger partial charge in [-0.15, -0.1) is 11.8 Å². The van der Waals surface area contributed by atoms with Gasteiger partial charge in [-0.1, -0.05) is 30.3 Å². The minimum atomic E-state index is -0.303. The molecule has 0 saturated heterocycles. The molecule has 2 heterocycles. The molecule has 1 aliphatic rings. The van der Waals surface area contributed by atoms with Crippen molar-refractivity contribution in [3.8, 4) is 0 Å². The van der Waals surface area contributed by atoms with Gasteiger partial charge in [0.2, 0.25) is 0 Å². The molecule has 0 aliphatic heterocycles. The summed E-state index contributed by atoms with van der Waals surface area (Å²) in [5, 5.41) is 3.05. The van der Waals surface area contributed by atoms with E-state index >= 15 is 0 Å². The number of thioether (sulfide) groups is 1. The average molecular weight is 388 g/mol. The zero-order valence-electron chi connectivity index (χ0n) is 15.9. The highest BCUT2D eigenvalue weighted by molar-refractivity contribution is 7.98. The molecule has 28 heavy (non-hydrogen) atoms. The van der Waals surface area contributed by atoms with Crippen LogP contribution in [0.25, 0.3) is 21.9 Å². The van der Waals surface area contributed by atoms with Gasteiger partial charge in [0, 0.05) is 28.5 Å². The predicted molar refractivity (Wildman–Crippen MR) is 113 cm³/mol. The fraction of sp³-hybridized carbons (Fsp3) is 0.261. The van der Waals surface area contributed by atoms with Crippen molar-refractivity contribution in [1.29, 1.82) is 0 Å². The maximum absolute atomic E-state index is 12.1. The first-order chi connectivity index (χ1) is 13.6. The van der Waals surface area contributed by atoms with Crippen molar-refractivity contribution in [3.63, 3.8) is 0 Å². The molecule has 0 amide bonds. The summed E-state index contributed by atoms with van der Waals surface area (Å²) in [6.07, 6.45) is 2.34. The van der Waals surface area contributed by atoms with Gasteiger partial charge in [0.25, 0.3) is 0 Å². The topological polar surface area (TPSA) is 56.0 Å². The number of aromatic nitrogens is 2. The zero-order valence-corrected chi connectivity index (χ0v) is 16.7. The van der Waals surface area contributed by atoms with E-state index in [1.807, 2.05) is 38.1 Å². The highest BCUT2D eigenvalue weighted by atomic mass is 32.2. The molecule has 0 radical (unpaired) electrons. The summed E-state index contributed by atoms with van der Waals surface area (Å²) >= 11 is 1.66. The molecule has 1 aliphatic carbocycles. The third-order valence-electron chi connectivity index (χ3n) is 5.41. The molecule has 4 nitrogen and oxygen atoms in total. The van der Waals surface area contributed by atoms with Gasteiger partial charge in [0.05, 0.1) is 5.52 Å². The summed E-state index contributed by atoms with van der Waals surface area (Å²) in [4.78, 5) is 21.8. The Hall–Kier alpha value is -2.66. The number of aryl methyl sites for hydroxylation is 2. The van der Waals surface area contributed by atoms with Gasteiger partial charge in [0.15, 0.2) is 0 Å². The van der Waals surface area contributed by atoms with Gasteiger partial charge in [-0.05, 0) is 49.4 Å². The van der Waals surface area contributed by atoms with Crippen LogP contribution in [0.15, 0.2) is 56.7 Å². The van der Waals surface area contributed by atoms with E-state index in [0.29, 0.717) is 17.3 Å². The number of rotatable bonds is 4. The number of hydrogen-bond donors (Lipinski definition) is 0. The van der Waals surface area contributed by atoms with Gasteiger partial charge in [-0.3, -0.25) is 0 Å². The van der Waals surface area contributed by atoms with E-state index in [1.165, 1.54) is 12.8 Å². The molecular weight excluding hydrogens is 368 g/mol. The lowest BCUT2D eigenvalue weighted by Gasteiger charge is -2.10. The van der Waals surface area contributed by atoms with Gasteiger partial charge >= 0.3 is 5.63 Å². The Labute approximate surface area is 167 Å². The van der Waals surface area contributed by atoms with Crippen LogP contribution in [0.2, 0.25) is 0 Å². The summed E-state index contributed by atoms with van der Waals surface area (Å²) in [7, 11) is 0. The molecule has 2 aromatic carbocycles. The maximum Gasteiger partial charge on any atom is 0.336 e. The van der Waals surface area contributed by atoms with Crippen molar-refractivity contribution in [1.82, 2.24) is 9.97 Å². The van der Waals surface area contributed by atoms with Crippen LogP contribution in [0, 0.1) is 13.8 Å². The van der Waals surface area contributed by atoms with Crippen LogP contribution in [0.4, 0.5) is 0 Å². The van der Waals surface area contributed by atoms with E-state index in [-0.39, 0.29) is 5.63 Å². The summed E-state index contributed by atoms with van der Waals surface area (Å²) in [5.41, 5.74) is 4.50. The van der Waals surface area contributed by atoms with Crippen LogP contribution in [0.5, 0.6) is 0 Å². The summed E-state index contributed by atoms with van der Waals surface area (Å²) < 4.78 is 5.50. The van der Waals surface area contributed by atoms with Crippen molar-refractivity contribution in [3.05, 3.63) is 75.4 Å². The van der Waals surface area contributed by atoms with E-state index in [4.69, 9.17) is 14.4 Å². The zero-order chi connectivity index (χ0) is 19.3. The van der Waals surface area contributed by atoms with Crippen LogP contribution >= 0.6 is 11.8 Å².